The van der Waals surface area contributed by atoms with Gasteiger partial charge in [-0.15, -0.1) is 0 Å². The minimum atomic E-state index is -0.597. The lowest BCUT2D eigenvalue weighted by molar-refractivity contribution is -0.147. The van der Waals surface area contributed by atoms with E-state index in [1.165, 1.54) is 0 Å². The van der Waals surface area contributed by atoms with Gasteiger partial charge in [0, 0.05) is 29.7 Å². The maximum Gasteiger partial charge on any atom is 0.295 e. The summed E-state index contributed by atoms with van der Waals surface area (Å²) >= 11 is 12.7. The first kappa shape index (κ1) is 22.3. The van der Waals surface area contributed by atoms with E-state index in [2.05, 4.69) is 20.2 Å². The van der Waals surface area contributed by atoms with Crippen LogP contribution < -0.4 is 10.2 Å². The summed E-state index contributed by atoms with van der Waals surface area (Å²) in [6, 6.07) is 3.97. The molecule has 10 heteroatoms. The van der Waals surface area contributed by atoms with Gasteiger partial charge in [-0.2, -0.15) is 4.98 Å². The van der Waals surface area contributed by atoms with Crippen LogP contribution in [0.25, 0.3) is 11.1 Å². The molecule has 1 saturated heterocycles. The third-order valence-corrected chi connectivity index (χ3v) is 6.79. The van der Waals surface area contributed by atoms with Crippen molar-refractivity contribution in [2.24, 2.45) is 0 Å². The van der Waals surface area contributed by atoms with Gasteiger partial charge in [0.05, 0.1) is 31.6 Å². The third-order valence-electron chi connectivity index (χ3n) is 6.26. The van der Waals surface area contributed by atoms with Crippen LogP contribution in [0.1, 0.15) is 31.0 Å². The van der Waals surface area contributed by atoms with Crippen LogP contribution in [0, 0.1) is 0 Å². The molecule has 0 spiro atoms. The van der Waals surface area contributed by atoms with Gasteiger partial charge < -0.3 is 24.3 Å². The number of nitrogens with one attached hydrogen (secondary N) is 1. The predicted molar refractivity (Wildman–Crippen MR) is 128 cm³/mol. The van der Waals surface area contributed by atoms with E-state index in [0.717, 1.165) is 16.8 Å². The van der Waals surface area contributed by atoms with Crippen molar-refractivity contribution in [3.63, 3.8) is 0 Å². The molecular weight excluding hydrogens is 465 g/mol. The summed E-state index contributed by atoms with van der Waals surface area (Å²) in [5.41, 5.74) is 4.18. The second-order valence-corrected chi connectivity index (χ2v) is 9.12. The molecule has 0 aliphatic carbocycles. The van der Waals surface area contributed by atoms with E-state index in [-0.39, 0.29) is 11.9 Å². The fourth-order valence-electron chi connectivity index (χ4n) is 4.70. The van der Waals surface area contributed by atoms with Gasteiger partial charge in [0.1, 0.15) is 11.2 Å². The van der Waals surface area contributed by atoms with Crippen molar-refractivity contribution in [1.82, 2.24) is 14.9 Å². The molecule has 4 heterocycles. The molecule has 2 atom stereocenters. The highest BCUT2D eigenvalue weighted by Crippen LogP contribution is 2.38. The minimum absolute atomic E-state index is 0.0464. The predicted octanol–water partition coefficient (Wildman–Crippen LogP) is 4.31. The van der Waals surface area contributed by atoms with Crippen molar-refractivity contribution in [1.29, 1.82) is 0 Å². The number of halogens is 2. The normalized spacial score (nSPS) is 20.7. The van der Waals surface area contributed by atoms with Crippen LogP contribution in [0.5, 0.6) is 0 Å². The fraction of sp³-hybridized carbons (Fsp3) is 0.435. The van der Waals surface area contributed by atoms with Crippen LogP contribution in [-0.2, 0) is 16.0 Å². The summed E-state index contributed by atoms with van der Waals surface area (Å²) in [5.74, 6) is -0.0464. The topological polar surface area (TPSA) is 83.7 Å². The number of ether oxygens (including phenoxy) is 1. The van der Waals surface area contributed by atoms with Crippen molar-refractivity contribution in [3.05, 3.63) is 45.7 Å². The fourth-order valence-corrected chi connectivity index (χ4v) is 5.39. The molecule has 8 nitrogen and oxygen atoms in total. The first-order valence-electron chi connectivity index (χ1n) is 11.1. The highest BCUT2D eigenvalue weighted by Gasteiger charge is 2.36. The number of hydrogen-bond acceptors (Lipinski definition) is 7. The van der Waals surface area contributed by atoms with Gasteiger partial charge in [-0.1, -0.05) is 23.2 Å². The molecule has 0 saturated carbocycles. The maximum absolute atomic E-state index is 13.5. The summed E-state index contributed by atoms with van der Waals surface area (Å²) in [6.45, 7) is 6.74. The van der Waals surface area contributed by atoms with Crippen molar-refractivity contribution in [3.8, 4) is 0 Å². The summed E-state index contributed by atoms with van der Waals surface area (Å²) in [6.07, 6.45) is 3.53. The van der Waals surface area contributed by atoms with E-state index in [4.69, 9.17) is 32.4 Å². The van der Waals surface area contributed by atoms with E-state index in [0.29, 0.717) is 66.4 Å². The van der Waals surface area contributed by atoms with Gasteiger partial charge in [0.25, 0.3) is 11.9 Å². The lowest BCUT2D eigenvalue weighted by Gasteiger charge is -2.40. The minimum Gasteiger partial charge on any atom is -0.421 e. The summed E-state index contributed by atoms with van der Waals surface area (Å²) in [4.78, 5) is 26.2. The van der Waals surface area contributed by atoms with E-state index < -0.39 is 6.10 Å². The molecule has 0 bridgehead atoms. The Labute approximate surface area is 201 Å². The van der Waals surface area contributed by atoms with Crippen LogP contribution in [0.15, 0.2) is 28.9 Å². The molecule has 1 amide bonds. The Kier molecular flexibility index (Phi) is 6.07. The number of nitrogens with zero attached hydrogens (tertiary/aromatic N) is 4. The molecule has 2 aromatic heterocycles. The number of fused-ring (bicyclic) bond motifs is 2. The number of morpholine rings is 1. The molecule has 2 aliphatic heterocycles. The van der Waals surface area contributed by atoms with E-state index in [1.54, 1.807) is 18.5 Å². The summed E-state index contributed by atoms with van der Waals surface area (Å²) < 4.78 is 11.8. The number of aromatic nitrogens is 2. The number of pyridine rings is 1. The highest BCUT2D eigenvalue weighted by molar-refractivity contribution is 6.35. The quantitative estimate of drug-likeness (QED) is 0.584. The van der Waals surface area contributed by atoms with E-state index >= 15 is 0 Å². The maximum atomic E-state index is 13.5. The lowest BCUT2D eigenvalue weighted by atomic mass is 9.93. The zero-order valence-electron chi connectivity index (χ0n) is 18.5. The monoisotopic (exact) mass is 489 g/mol. The molecule has 0 radical (unpaired) electrons. The SMILES string of the molecule is CCNc1nc2cncc(N3CCO[C@@H](C(=O)N4CCc5cc(Cl)cc(Cl)c5[C@@H]4C)C3)c2o1. The number of benzene rings is 1. The Balaban J connectivity index is 1.37. The van der Waals surface area contributed by atoms with Crippen LogP contribution in [-0.4, -0.2) is 59.7 Å². The summed E-state index contributed by atoms with van der Waals surface area (Å²) in [7, 11) is 0. The number of hydrogen-bond donors (Lipinski definition) is 1. The molecule has 5 rings (SSSR count). The molecule has 3 aromatic rings. The lowest BCUT2D eigenvalue weighted by Crippen LogP contribution is -2.53. The first-order valence-corrected chi connectivity index (χ1v) is 11.8. The van der Waals surface area contributed by atoms with Crippen LogP contribution in [0.4, 0.5) is 11.7 Å². The number of rotatable bonds is 4. The smallest absolute Gasteiger partial charge is 0.295 e. The van der Waals surface area contributed by atoms with E-state index in [9.17, 15) is 4.79 Å². The van der Waals surface area contributed by atoms with Gasteiger partial charge in [-0.25, -0.2) is 0 Å². The van der Waals surface area contributed by atoms with Crippen LogP contribution >= 0.6 is 23.2 Å². The molecule has 1 aromatic carbocycles. The Hall–Kier alpha value is -2.55. The molecule has 174 valence electrons. The molecular formula is C23H25Cl2N5O3. The van der Waals surface area contributed by atoms with Crippen molar-refractivity contribution < 1.29 is 13.9 Å². The van der Waals surface area contributed by atoms with Crippen molar-refractivity contribution >= 4 is 51.9 Å². The molecule has 1 N–H and O–H groups in total. The zero-order valence-corrected chi connectivity index (χ0v) is 20.0. The van der Waals surface area contributed by atoms with Gasteiger partial charge in [0.15, 0.2) is 11.7 Å². The third kappa shape index (κ3) is 4.11. The van der Waals surface area contributed by atoms with Crippen LogP contribution in [0.2, 0.25) is 10.0 Å². The number of carbonyl (C=O) groups excluding carboxylic acids is 1. The van der Waals surface area contributed by atoms with Gasteiger partial charge in [0.2, 0.25) is 0 Å². The Morgan fingerprint density at radius 3 is 2.94 bits per heavy atom. The molecule has 0 unspecified atom stereocenters. The average molecular weight is 490 g/mol. The van der Waals surface area contributed by atoms with E-state index in [1.807, 2.05) is 24.8 Å². The number of carbonyl (C=O) groups is 1. The largest absolute Gasteiger partial charge is 0.421 e. The zero-order chi connectivity index (χ0) is 23.1. The molecule has 2 aliphatic rings. The number of oxazole rings is 1. The van der Waals surface area contributed by atoms with Gasteiger partial charge in [-0.05, 0) is 43.5 Å². The highest BCUT2D eigenvalue weighted by atomic mass is 35.5. The second-order valence-electron chi connectivity index (χ2n) is 8.28. The number of amides is 1. The van der Waals surface area contributed by atoms with Crippen molar-refractivity contribution in [2.75, 3.05) is 43.0 Å². The average Bonchev–Trinajstić information content (AvgIpc) is 3.21. The van der Waals surface area contributed by atoms with Crippen molar-refractivity contribution in [2.45, 2.75) is 32.4 Å². The van der Waals surface area contributed by atoms with Gasteiger partial charge in [-0.3, -0.25) is 9.78 Å². The standard InChI is InChI=1S/C23H25Cl2N5O3/c1-3-27-23-28-17-10-26-11-18(21(17)33-23)29-6-7-32-19(12-29)22(31)30-5-4-14-8-15(24)9-16(25)20(14)13(30)2/h8-11,13,19H,3-7,12H2,1-2H3,(H,27,28)/t13-,19+/m0/s1. The molecule has 1 fully saturated rings. The Bertz CT molecular complexity index is 1200. The van der Waals surface area contributed by atoms with Gasteiger partial charge >= 0.3 is 0 Å². The summed E-state index contributed by atoms with van der Waals surface area (Å²) in [5, 5.41) is 4.30. The first-order chi connectivity index (χ1) is 16.0. The second kappa shape index (κ2) is 9.00. The number of anilines is 2. The Morgan fingerprint density at radius 1 is 1.27 bits per heavy atom. The Morgan fingerprint density at radius 2 is 2.12 bits per heavy atom. The van der Waals surface area contributed by atoms with Crippen LogP contribution in [0.3, 0.4) is 0 Å². The molecule has 33 heavy (non-hydrogen) atoms.